The van der Waals surface area contributed by atoms with Crippen LogP contribution in [0.2, 0.25) is 0 Å². The predicted molar refractivity (Wildman–Crippen MR) is 127 cm³/mol. The molecule has 1 aliphatic rings. The van der Waals surface area contributed by atoms with Gasteiger partial charge in [0.25, 0.3) is 0 Å². The summed E-state index contributed by atoms with van der Waals surface area (Å²) >= 11 is 0. The molecule has 0 saturated carbocycles. The van der Waals surface area contributed by atoms with Gasteiger partial charge in [-0.2, -0.15) is 0 Å². The zero-order valence-electron chi connectivity index (χ0n) is 18.2. The van der Waals surface area contributed by atoms with E-state index in [0.717, 1.165) is 42.6 Å². The van der Waals surface area contributed by atoms with Crippen LogP contribution in [0.3, 0.4) is 0 Å². The van der Waals surface area contributed by atoms with Crippen molar-refractivity contribution in [3.05, 3.63) is 71.3 Å². The molecule has 2 aromatic rings. The van der Waals surface area contributed by atoms with Crippen LogP contribution in [0.15, 0.2) is 54.6 Å². The molecule has 31 heavy (non-hydrogen) atoms. The summed E-state index contributed by atoms with van der Waals surface area (Å²) in [6, 6.07) is 17.7. The highest BCUT2D eigenvalue weighted by Gasteiger charge is 2.25. The molecular formula is C23H32ClN3O3S. The number of carbonyl (C=O) groups is 1. The molecule has 0 aliphatic carbocycles. The molecule has 1 aliphatic heterocycles. The van der Waals surface area contributed by atoms with E-state index < -0.39 is 10.0 Å². The summed E-state index contributed by atoms with van der Waals surface area (Å²) in [7, 11) is -1.37. The van der Waals surface area contributed by atoms with Crippen molar-refractivity contribution in [2.75, 3.05) is 32.9 Å². The number of halogens is 1. The van der Waals surface area contributed by atoms with Gasteiger partial charge in [-0.3, -0.25) is 4.79 Å². The Kier molecular flexibility index (Phi) is 9.50. The lowest BCUT2D eigenvalue weighted by Crippen LogP contribution is -2.39. The van der Waals surface area contributed by atoms with E-state index >= 15 is 0 Å². The summed E-state index contributed by atoms with van der Waals surface area (Å²) in [5.74, 6) is 0.0521. The average Bonchev–Trinajstić information content (AvgIpc) is 3.24. The molecule has 2 aromatic carbocycles. The van der Waals surface area contributed by atoms with Crippen molar-refractivity contribution in [3.8, 4) is 0 Å². The van der Waals surface area contributed by atoms with Crippen LogP contribution in [-0.2, 0) is 27.8 Å². The summed E-state index contributed by atoms with van der Waals surface area (Å²) in [6.07, 6.45) is 3.85. The molecule has 0 radical (unpaired) electrons. The van der Waals surface area contributed by atoms with Crippen molar-refractivity contribution in [1.29, 1.82) is 0 Å². The van der Waals surface area contributed by atoms with Crippen LogP contribution in [0.1, 0.15) is 35.6 Å². The number of hydrogen-bond acceptors (Lipinski definition) is 4. The van der Waals surface area contributed by atoms with Gasteiger partial charge in [-0.25, -0.2) is 13.1 Å². The second-order valence-corrected chi connectivity index (χ2v) is 9.86. The first-order valence-electron chi connectivity index (χ1n) is 10.4. The predicted octanol–water partition coefficient (Wildman–Crippen LogP) is 3.00. The minimum absolute atomic E-state index is 0. The fourth-order valence-corrected chi connectivity index (χ4v) is 4.30. The largest absolute Gasteiger partial charge is 0.337 e. The highest BCUT2D eigenvalue weighted by atomic mass is 35.5. The summed E-state index contributed by atoms with van der Waals surface area (Å²) < 4.78 is 25.2. The maximum atomic E-state index is 13.1. The molecule has 1 heterocycles. The van der Waals surface area contributed by atoms with E-state index in [0.29, 0.717) is 0 Å². The van der Waals surface area contributed by atoms with Crippen molar-refractivity contribution in [2.24, 2.45) is 0 Å². The van der Waals surface area contributed by atoms with Crippen LogP contribution >= 0.6 is 12.4 Å². The smallest absolute Gasteiger partial charge is 0.227 e. The zero-order valence-corrected chi connectivity index (χ0v) is 19.8. The van der Waals surface area contributed by atoms with Crippen LogP contribution < -0.4 is 4.72 Å². The lowest BCUT2D eigenvalue weighted by Gasteiger charge is -2.32. The number of benzene rings is 2. The maximum absolute atomic E-state index is 13.1. The highest BCUT2D eigenvalue weighted by molar-refractivity contribution is 7.88. The standard InChI is InChI=1S/C23H31N3O3S.ClH/c1-25(22(18-26-13-6-7-14-26)21-11-4-3-5-12-21)23(27)16-19-9-8-10-20(15-19)17-24-30(2,28)29;/h3-5,8-12,15,22,24H,6-7,13-14,16-18H2,1-2H3;1H/t22-;/m1./s1. The first kappa shape index (κ1) is 25.3. The fourth-order valence-electron chi connectivity index (χ4n) is 3.87. The minimum atomic E-state index is -3.25. The number of carbonyl (C=O) groups excluding carboxylic acids is 1. The maximum Gasteiger partial charge on any atom is 0.227 e. The second kappa shape index (κ2) is 11.6. The van der Waals surface area contributed by atoms with Crippen molar-refractivity contribution in [2.45, 2.75) is 31.8 Å². The van der Waals surface area contributed by atoms with Gasteiger partial charge in [0, 0.05) is 20.1 Å². The van der Waals surface area contributed by atoms with Gasteiger partial charge in [0.1, 0.15) is 0 Å². The number of likely N-dealkylation sites (tertiary alicyclic amines) is 1. The van der Waals surface area contributed by atoms with Crippen molar-refractivity contribution < 1.29 is 13.2 Å². The summed E-state index contributed by atoms with van der Waals surface area (Å²) in [5, 5.41) is 0. The molecule has 170 valence electrons. The number of likely N-dealkylation sites (N-methyl/N-ethyl adjacent to an activating group) is 1. The monoisotopic (exact) mass is 465 g/mol. The summed E-state index contributed by atoms with van der Waals surface area (Å²) in [4.78, 5) is 17.4. The van der Waals surface area contributed by atoms with Gasteiger partial charge in [-0.05, 0) is 42.6 Å². The first-order valence-corrected chi connectivity index (χ1v) is 12.3. The van der Waals surface area contributed by atoms with Gasteiger partial charge in [0.2, 0.25) is 15.9 Å². The molecule has 3 rings (SSSR count). The number of sulfonamides is 1. The fraction of sp³-hybridized carbons (Fsp3) is 0.435. The Labute approximate surface area is 192 Å². The van der Waals surface area contributed by atoms with Crippen LogP contribution in [0, 0.1) is 0 Å². The van der Waals surface area contributed by atoms with Crippen LogP contribution in [0.4, 0.5) is 0 Å². The number of hydrogen-bond donors (Lipinski definition) is 1. The van der Waals surface area contributed by atoms with Gasteiger partial charge >= 0.3 is 0 Å². The molecular weight excluding hydrogens is 434 g/mol. The van der Waals surface area contributed by atoms with E-state index in [1.54, 1.807) is 0 Å². The third kappa shape index (κ3) is 7.92. The molecule has 0 bridgehead atoms. The van der Waals surface area contributed by atoms with Gasteiger partial charge in [-0.15, -0.1) is 12.4 Å². The molecule has 0 spiro atoms. The van der Waals surface area contributed by atoms with Crippen molar-refractivity contribution in [1.82, 2.24) is 14.5 Å². The van der Waals surface area contributed by atoms with Crippen LogP contribution in [0.25, 0.3) is 0 Å². The van der Waals surface area contributed by atoms with Crippen LogP contribution in [0.5, 0.6) is 0 Å². The molecule has 6 nitrogen and oxygen atoms in total. The van der Waals surface area contributed by atoms with Crippen molar-refractivity contribution in [3.63, 3.8) is 0 Å². The normalized spacial score (nSPS) is 15.3. The van der Waals surface area contributed by atoms with Crippen molar-refractivity contribution >= 4 is 28.3 Å². The average molecular weight is 466 g/mol. The number of nitrogens with zero attached hydrogens (tertiary/aromatic N) is 2. The van der Waals surface area contributed by atoms with E-state index in [2.05, 4.69) is 21.8 Å². The second-order valence-electron chi connectivity index (χ2n) is 8.03. The number of nitrogens with one attached hydrogen (secondary N) is 1. The molecule has 0 aromatic heterocycles. The zero-order chi connectivity index (χ0) is 21.6. The molecule has 1 amide bonds. The number of rotatable bonds is 9. The first-order chi connectivity index (χ1) is 14.3. The molecule has 1 atom stereocenters. The van der Waals surface area contributed by atoms with Gasteiger partial charge < -0.3 is 9.80 Å². The molecule has 8 heteroatoms. The Hall–Kier alpha value is -1.93. The molecule has 0 unspecified atom stereocenters. The Morgan fingerprint density at radius 2 is 1.71 bits per heavy atom. The van der Waals surface area contributed by atoms with E-state index in [-0.39, 0.29) is 37.3 Å². The van der Waals surface area contributed by atoms with Gasteiger partial charge in [-0.1, -0.05) is 54.6 Å². The summed E-state index contributed by atoms with van der Waals surface area (Å²) in [6.45, 7) is 3.23. The Morgan fingerprint density at radius 3 is 2.35 bits per heavy atom. The Morgan fingerprint density at radius 1 is 1.06 bits per heavy atom. The SMILES string of the molecule is CN(C(=O)Cc1cccc(CNS(C)(=O)=O)c1)[C@H](CN1CCCC1)c1ccccc1.Cl. The van der Waals surface area contributed by atoms with E-state index in [9.17, 15) is 13.2 Å². The van der Waals surface area contributed by atoms with E-state index in [4.69, 9.17) is 0 Å². The lowest BCUT2D eigenvalue weighted by atomic mass is 10.0. The minimum Gasteiger partial charge on any atom is -0.337 e. The van der Waals surface area contributed by atoms with E-state index in [1.165, 1.54) is 12.8 Å². The molecule has 1 saturated heterocycles. The van der Waals surface area contributed by atoms with Crippen LogP contribution in [-0.4, -0.2) is 57.1 Å². The van der Waals surface area contributed by atoms with Gasteiger partial charge in [0.15, 0.2) is 0 Å². The summed E-state index contributed by atoms with van der Waals surface area (Å²) in [5.41, 5.74) is 2.86. The van der Waals surface area contributed by atoms with E-state index in [1.807, 2.05) is 54.4 Å². The topological polar surface area (TPSA) is 69.7 Å². The lowest BCUT2D eigenvalue weighted by molar-refractivity contribution is -0.131. The quantitative estimate of drug-likeness (QED) is 0.618. The highest BCUT2D eigenvalue weighted by Crippen LogP contribution is 2.23. The Bertz CT molecular complexity index is 948. The molecule has 1 fully saturated rings. The number of amides is 1. The van der Waals surface area contributed by atoms with Gasteiger partial charge in [0.05, 0.1) is 18.7 Å². The molecule has 1 N–H and O–H groups in total. The third-order valence-electron chi connectivity index (χ3n) is 5.56. The Balaban J connectivity index is 0.00000341. The third-order valence-corrected chi connectivity index (χ3v) is 6.23.